The molecule has 0 radical (unpaired) electrons. The van der Waals surface area contributed by atoms with E-state index in [-0.39, 0.29) is 0 Å². The molecule has 0 heteroatoms. The third kappa shape index (κ3) is 593. The van der Waals surface area contributed by atoms with E-state index in [9.17, 15) is 0 Å². The SMILES string of the molecule is C#CCC.C/C=C/C.C/C=C/CC.C=CC.C=CC.C=CC(C)C.C=CCC.C=CCC.C=CCCC. The van der Waals surface area contributed by atoms with Crippen molar-refractivity contribution >= 4 is 0 Å². The smallest absolute Gasteiger partial charge is 0.00576 e. The lowest BCUT2D eigenvalue weighted by atomic mass is 10.2. The maximum atomic E-state index is 4.78. The van der Waals surface area contributed by atoms with Gasteiger partial charge in [0.1, 0.15) is 0 Å². The lowest BCUT2D eigenvalue weighted by Gasteiger charge is -1.84. The Morgan fingerprint density at radius 3 is 0.892 bits per heavy atom. The zero-order valence-corrected chi connectivity index (χ0v) is 27.9. The van der Waals surface area contributed by atoms with Gasteiger partial charge in [-0.1, -0.05) is 116 Å². The standard InChI is InChI=1S/3C5H10.3C4H8.C4H6.2C3H6/c1-4-5(2)3;2*1-3-5-4-2;4*1-3-4-2;2*1-3-2/h4-5H,1H2,2-3H3;3,5H,4H2,1-2H3;3H,1,4-5H2,2H3;3-4H,1-2H3;2*3H,1,4H2,2H3;1H,4H2,2H3;2*3H,1H2,2H3/b;5-3+;;4-3+;;;;;. The minimum absolute atomic E-state index is 0.648. The fourth-order valence-corrected chi connectivity index (χ4v) is 0.440. The first-order chi connectivity index (χ1) is 17.6. The van der Waals surface area contributed by atoms with Gasteiger partial charge in [-0.2, -0.15) is 0 Å². The van der Waals surface area contributed by atoms with Crippen LogP contribution in [0.4, 0.5) is 0 Å². The van der Waals surface area contributed by atoms with Gasteiger partial charge in [-0.15, -0.1) is 51.8 Å². The summed E-state index contributed by atoms with van der Waals surface area (Å²) in [7, 11) is 0. The molecule has 0 unspecified atom stereocenters. The molecule has 0 aromatic heterocycles. The average Bonchev–Trinajstić information content (AvgIpc) is 2.91. The molecule has 0 heterocycles. The molecule has 0 fully saturated rings. The molecule has 37 heavy (non-hydrogen) atoms. The van der Waals surface area contributed by atoms with Crippen molar-refractivity contribution in [2.24, 2.45) is 5.92 Å². The van der Waals surface area contributed by atoms with E-state index < -0.39 is 0 Å². The largest absolute Gasteiger partial charge is 0.120 e. The predicted molar refractivity (Wildman–Crippen MR) is 188 cm³/mol. The second kappa shape index (κ2) is 116. The zero-order valence-electron chi connectivity index (χ0n) is 27.9. The van der Waals surface area contributed by atoms with Crippen molar-refractivity contribution in [1.29, 1.82) is 0 Å². The van der Waals surface area contributed by atoms with Crippen molar-refractivity contribution in [3.05, 3.63) is 100 Å². The summed E-state index contributed by atoms with van der Waals surface area (Å²) in [6, 6.07) is 0. The lowest BCUT2D eigenvalue weighted by Crippen LogP contribution is -1.71. The molecule has 220 valence electrons. The first-order valence-electron chi connectivity index (χ1n) is 13.8. The van der Waals surface area contributed by atoms with Crippen LogP contribution in [-0.4, -0.2) is 0 Å². The van der Waals surface area contributed by atoms with E-state index in [0.29, 0.717) is 5.92 Å². The summed E-state index contributed by atoms with van der Waals surface area (Å²) in [4.78, 5) is 0. The molecule has 0 bridgehead atoms. The summed E-state index contributed by atoms with van der Waals surface area (Å²) in [5, 5.41) is 0. The van der Waals surface area contributed by atoms with Crippen molar-refractivity contribution in [2.75, 3.05) is 0 Å². The van der Waals surface area contributed by atoms with Crippen LogP contribution in [0.5, 0.6) is 0 Å². The van der Waals surface area contributed by atoms with E-state index >= 15 is 0 Å². The Balaban J connectivity index is -0.0000000343. The van der Waals surface area contributed by atoms with Crippen LogP contribution in [-0.2, 0) is 0 Å². The number of terminal acetylenes is 1. The Hall–Kier alpha value is -2.52. The van der Waals surface area contributed by atoms with Crippen LogP contribution in [0, 0.1) is 18.3 Å². The van der Waals surface area contributed by atoms with E-state index in [1.807, 2.05) is 78.0 Å². The molecule has 0 aromatic rings. The molecule has 0 amide bonds. The quantitative estimate of drug-likeness (QED) is 0.243. The van der Waals surface area contributed by atoms with Gasteiger partial charge in [0, 0.05) is 6.42 Å². The third-order valence-electron chi connectivity index (χ3n) is 2.55. The van der Waals surface area contributed by atoms with Crippen molar-refractivity contribution in [2.45, 2.75) is 122 Å². The highest BCUT2D eigenvalue weighted by molar-refractivity contribution is 4.80. The first kappa shape index (κ1) is 59.5. The topological polar surface area (TPSA) is 0 Å². The molecular weight excluding hydrogens is 444 g/mol. The molecule has 0 saturated carbocycles. The Morgan fingerprint density at radius 1 is 0.622 bits per heavy atom. The van der Waals surface area contributed by atoms with Gasteiger partial charge in [-0.3, -0.25) is 0 Å². The number of hydrogen-bond acceptors (Lipinski definition) is 0. The van der Waals surface area contributed by atoms with Crippen molar-refractivity contribution in [3.63, 3.8) is 0 Å². The number of allylic oxidation sites excluding steroid dienone is 10. The molecule has 0 saturated heterocycles. The van der Waals surface area contributed by atoms with Crippen molar-refractivity contribution in [1.82, 2.24) is 0 Å². The van der Waals surface area contributed by atoms with Crippen molar-refractivity contribution in [3.8, 4) is 12.3 Å². The van der Waals surface area contributed by atoms with Crippen LogP contribution in [0.15, 0.2) is 100 Å². The molecular formula is C37H72. The van der Waals surface area contributed by atoms with E-state index in [4.69, 9.17) is 6.42 Å². The maximum Gasteiger partial charge on any atom is 0.00576 e. The van der Waals surface area contributed by atoms with Gasteiger partial charge in [0.05, 0.1) is 0 Å². The molecule has 0 nitrogen and oxygen atoms in total. The summed E-state index contributed by atoms with van der Waals surface area (Å²) in [6.45, 7) is 45.1. The maximum absolute atomic E-state index is 4.78. The highest BCUT2D eigenvalue weighted by atomic mass is 13.8. The van der Waals surface area contributed by atoms with Gasteiger partial charge in [0.15, 0.2) is 0 Å². The van der Waals surface area contributed by atoms with E-state index in [1.54, 1.807) is 12.2 Å². The van der Waals surface area contributed by atoms with E-state index in [1.165, 1.54) is 6.42 Å². The summed E-state index contributed by atoms with van der Waals surface area (Å²) in [6.07, 6.45) is 30.6. The second-order valence-electron chi connectivity index (χ2n) is 6.97. The Kier molecular flexibility index (Phi) is 186. The highest BCUT2D eigenvalue weighted by Gasteiger charge is 1.73. The Morgan fingerprint density at radius 2 is 0.892 bits per heavy atom. The number of unbranched alkanes of at least 4 members (excludes halogenated alkanes) is 1. The monoisotopic (exact) mass is 517 g/mol. The van der Waals surface area contributed by atoms with Crippen LogP contribution in [0.3, 0.4) is 0 Å². The van der Waals surface area contributed by atoms with Crippen LogP contribution in [0.25, 0.3) is 0 Å². The molecule has 0 N–H and O–H groups in total. The highest BCUT2D eigenvalue weighted by Crippen LogP contribution is 1.87. The third-order valence-corrected chi connectivity index (χ3v) is 2.55. The van der Waals surface area contributed by atoms with Crippen molar-refractivity contribution < 1.29 is 0 Å². The average molecular weight is 517 g/mol. The minimum atomic E-state index is 0.648. The fraction of sp³-hybridized carbons (Fsp3) is 0.514. The molecule has 0 aliphatic carbocycles. The van der Waals surface area contributed by atoms with Gasteiger partial charge in [-0.25, -0.2) is 0 Å². The van der Waals surface area contributed by atoms with Crippen LogP contribution >= 0.6 is 0 Å². The van der Waals surface area contributed by atoms with Crippen LogP contribution in [0.2, 0.25) is 0 Å². The lowest BCUT2D eigenvalue weighted by molar-refractivity contribution is 0.835. The second-order valence-corrected chi connectivity index (χ2v) is 6.97. The predicted octanol–water partition coefficient (Wildman–Crippen LogP) is 13.9. The number of rotatable bonds is 6. The molecule has 0 rings (SSSR count). The summed E-state index contributed by atoms with van der Waals surface area (Å²) in [5.41, 5.74) is 0. The van der Waals surface area contributed by atoms with Gasteiger partial charge < -0.3 is 0 Å². The van der Waals surface area contributed by atoms with Gasteiger partial charge in [0.2, 0.25) is 0 Å². The molecule has 0 aliphatic rings. The van der Waals surface area contributed by atoms with Crippen LogP contribution in [0.1, 0.15) is 122 Å². The Labute approximate surface area is 239 Å². The van der Waals surface area contributed by atoms with Gasteiger partial charge in [-0.05, 0) is 66.2 Å². The van der Waals surface area contributed by atoms with Gasteiger partial charge >= 0.3 is 0 Å². The van der Waals surface area contributed by atoms with Crippen LogP contribution < -0.4 is 0 Å². The zero-order chi connectivity index (χ0) is 31.6. The Bertz CT molecular complexity index is 417. The first-order valence-corrected chi connectivity index (χ1v) is 13.8. The minimum Gasteiger partial charge on any atom is -0.120 e. The van der Waals surface area contributed by atoms with E-state index in [0.717, 1.165) is 32.1 Å². The fourth-order valence-electron chi connectivity index (χ4n) is 0.440. The molecule has 0 aromatic carbocycles. The summed E-state index contributed by atoms with van der Waals surface area (Å²) < 4.78 is 0. The normalized spacial score (nSPS) is 7.14. The molecule has 0 atom stereocenters. The van der Waals surface area contributed by atoms with Gasteiger partial charge in [0.25, 0.3) is 0 Å². The summed E-state index contributed by atoms with van der Waals surface area (Å²) >= 11 is 0. The number of hydrogen-bond donors (Lipinski definition) is 0. The molecule has 0 aliphatic heterocycles. The summed E-state index contributed by atoms with van der Waals surface area (Å²) in [5.74, 6) is 3.08. The van der Waals surface area contributed by atoms with E-state index in [2.05, 4.69) is 99.1 Å². The molecule has 0 spiro atoms.